The van der Waals surface area contributed by atoms with Crippen LogP contribution in [0.2, 0.25) is 0 Å². The van der Waals surface area contributed by atoms with Crippen LogP contribution in [0.3, 0.4) is 0 Å². The summed E-state index contributed by atoms with van der Waals surface area (Å²) in [5, 5.41) is 8.63. The highest BCUT2D eigenvalue weighted by atomic mass is 19.2. The lowest BCUT2D eigenvalue weighted by Crippen LogP contribution is -2.32. The number of hydrogen-bond acceptors (Lipinski definition) is 3. The van der Waals surface area contributed by atoms with Gasteiger partial charge in [0.05, 0.1) is 0 Å². The molecule has 0 aromatic heterocycles. The fourth-order valence-corrected chi connectivity index (χ4v) is 0.491. The van der Waals surface area contributed by atoms with Crippen LogP contribution in [0.1, 0.15) is 13.8 Å². The minimum Gasteiger partial charge on any atom is -0.373 e. The molecule has 0 aliphatic rings. The third-order valence-electron chi connectivity index (χ3n) is 0.850. The molecule has 4 heteroatoms. The number of alkyl halides is 1. The molecule has 0 aliphatic heterocycles. The Kier molecular flexibility index (Phi) is 4.51. The van der Waals surface area contributed by atoms with Crippen molar-refractivity contribution in [1.82, 2.24) is 0 Å². The predicted molar refractivity (Wildman–Crippen MR) is 34.2 cm³/mol. The van der Waals surface area contributed by atoms with Crippen molar-refractivity contribution in [2.24, 2.45) is 0 Å². The van der Waals surface area contributed by atoms with E-state index < -0.39 is 12.6 Å². The summed E-state index contributed by atoms with van der Waals surface area (Å²) in [6.45, 7) is 3.36. The Morgan fingerprint density at radius 1 is 1.40 bits per heavy atom. The largest absolute Gasteiger partial charge is 0.373 e. The molecule has 1 atom stereocenters. The Labute approximate surface area is 59.8 Å². The van der Waals surface area contributed by atoms with Crippen LogP contribution in [0, 0.1) is 0 Å². The highest BCUT2D eigenvalue weighted by Crippen LogP contribution is 2.08. The number of ether oxygens (including phenoxy) is 2. The van der Waals surface area contributed by atoms with Gasteiger partial charge in [-0.3, -0.25) is 0 Å². The first-order valence-electron chi connectivity index (χ1n) is 3.25. The monoisotopic (exact) mass is 152 g/mol. The van der Waals surface area contributed by atoms with Gasteiger partial charge in [-0.1, -0.05) is 0 Å². The quantitative estimate of drug-likeness (QED) is 0.588. The van der Waals surface area contributed by atoms with Crippen molar-refractivity contribution in [3.05, 3.63) is 0 Å². The SMILES string of the molecule is CCOCC(O)(F)OCC. The zero-order chi connectivity index (χ0) is 8.04. The molecule has 0 bridgehead atoms. The van der Waals surface area contributed by atoms with Gasteiger partial charge in [0, 0.05) is 13.2 Å². The van der Waals surface area contributed by atoms with E-state index in [1.165, 1.54) is 0 Å². The fourth-order valence-electron chi connectivity index (χ4n) is 0.491. The highest BCUT2D eigenvalue weighted by Gasteiger charge is 2.25. The third kappa shape index (κ3) is 4.67. The molecule has 0 fully saturated rings. The Hall–Kier alpha value is -0.190. The van der Waals surface area contributed by atoms with Crippen LogP contribution < -0.4 is 0 Å². The average molecular weight is 152 g/mol. The molecule has 0 saturated heterocycles. The number of rotatable bonds is 5. The molecule has 62 valence electrons. The molecule has 0 spiro atoms. The standard InChI is InChI=1S/C6H13FO3/c1-3-9-5-6(7,8)10-4-2/h8H,3-5H2,1-2H3. The second-order valence-corrected chi connectivity index (χ2v) is 1.76. The molecular weight excluding hydrogens is 139 g/mol. The summed E-state index contributed by atoms with van der Waals surface area (Å²) in [4.78, 5) is 0. The van der Waals surface area contributed by atoms with Crippen molar-refractivity contribution in [3.63, 3.8) is 0 Å². The van der Waals surface area contributed by atoms with Gasteiger partial charge in [-0.15, -0.1) is 0 Å². The van der Waals surface area contributed by atoms with Crippen LogP contribution in [0.15, 0.2) is 0 Å². The predicted octanol–water partition coefficient (Wildman–Crippen LogP) is 0.675. The minimum absolute atomic E-state index is 0.125. The molecule has 1 unspecified atom stereocenters. The molecule has 10 heavy (non-hydrogen) atoms. The Balaban J connectivity index is 3.42. The number of hydrogen-bond donors (Lipinski definition) is 1. The van der Waals surface area contributed by atoms with Crippen molar-refractivity contribution < 1.29 is 19.0 Å². The molecule has 0 radical (unpaired) electrons. The zero-order valence-corrected chi connectivity index (χ0v) is 6.26. The van der Waals surface area contributed by atoms with Gasteiger partial charge < -0.3 is 14.6 Å². The van der Waals surface area contributed by atoms with E-state index in [2.05, 4.69) is 9.47 Å². The first kappa shape index (κ1) is 9.81. The van der Waals surface area contributed by atoms with Crippen LogP contribution in [0.25, 0.3) is 0 Å². The van der Waals surface area contributed by atoms with Gasteiger partial charge in [-0.25, -0.2) is 0 Å². The molecule has 0 aliphatic carbocycles. The number of aliphatic hydroxyl groups is 1. The molecule has 0 heterocycles. The molecule has 0 rings (SSSR count). The summed E-state index contributed by atoms with van der Waals surface area (Å²) in [6.07, 6.45) is 0. The summed E-state index contributed by atoms with van der Waals surface area (Å²) >= 11 is 0. The molecule has 0 aromatic rings. The van der Waals surface area contributed by atoms with Crippen LogP contribution in [-0.4, -0.2) is 31.0 Å². The van der Waals surface area contributed by atoms with Gasteiger partial charge in [-0.2, -0.15) is 4.39 Å². The van der Waals surface area contributed by atoms with Crippen LogP contribution in [0.4, 0.5) is 4.39 Å². The van der Waals surface area contributed by atoms with E-state index >= 15 is 0 Å². The van der Waals surface area contributed by atoms with E-state index in [0.717, 1.165) is 0 Å². The Bertz CT molecular complexity index is 85.1. The first-order valence-corrected chi connectivity index (χ1v) is 3.25. The lowest BCUT2D eigenvalue weighted by Gasteiger charge is -2.17. The Morgan fingerprint density at radius 3 is 2.40 bits per heavy atom. The molecular formula is C6H13FO3. The van der Waals surface area contributed by atoms with Crippen molar-refractivity contribution in [2.45, 2.75) is 19.9 Å². The van der Waals surface area contributed by atoms with E-state index in [-0.39, 0.29) is 6.61 Å². The van der Waals surface area contributed by atoms with Gasteiger partial charge in [0.2, 0.25) is 0 Å². The maximum atomic E-state index is 12.5. The van der Waals surface area contributed by atoms with Crippen LogP contribution in [-0.2, 0) is 9.47 Å². The molecule has 0 aromatic carbocycles. The van der Waals surface area contributed by atoms with Crippen LogP contribution in [0.5, 0.6) is 0 Å². The van der Waals surface area contributed by atoms with Crippen LogP contribution >= 0.6 is 0 Å². The molecule has 0 amide bonds. The van der Waals surface area contributed by atoms with Gasteiger partial charge in [0.1, 0.15) is 6.61 Å². The lowest BCUT2D eigenvalue weighted by molar-refractivity contribution is -0.309. The first-order chi connectivity index (χ1) is 4.62. The second-order valence-electron chi connectivity index (χ2n) is 1.76. The second kappa shape index (κ2) is 4.60. The lowest BCUT2D eigenvalue weighted by atomic mass is 10.6. The van der Waals surface area contributed by atoms with E-state index in [0.29, 0.717) is 6.61 Å². The molecule has 1 N–H and O–H groups in total. The highest BCUT2D eigenvalue weighted by molar-refractivity contribution is 4.46. The van der Waals surface area contributed by atoms with E-state index in [4.69, 9.17) is 5.11 Å². The summed E-state index contributed by atoms with van der Waals surface area (Å²) in [7, 11) is 0. The number of halogens is 1. The summed E-state index contributed by atoms with van der Waals surface area (Å²) in [6, 6.07) is -2.62. The van der Waals surface area contributed by atoms with Gasteiger partial charge in [-0.05, 0) is 13.8 Å². The van der Waals surface area contributed by atoms with E-state index in [1.54, 1.807) is 13.8 Å². The smallest absolute Gasteiger partial charge is 0.341 e. The topological polar surface area (TPSA) is 38.7 Å². The summed E-state index contributed by atoms with van der Waals surface area (Å²) in [5.41, 5.74) is 0. The van der Waals surface area contributed by atoms with E-state index in [9.17, 15) is 4.39 Å². The Morgan fingerprint density at radius 2 is 2.00 bits per heavy atom. The van der Waals surface area contributed by atoms with Crippen molar-refractivity contribution in [2.75, 3.05) is 19.8 Å². The maximum Gasteiger partial charge on any atom is 0.341 e. The van der Waals surface area contributed by atoms with E-state index in [1.807, 2.05) is 0 Å². The van der Waals surface area contributed by atoms with Gasteiger partial charge in [0.25, 0.3) is 0 Å². The summed E-state index contributed by atoms with van der Waals surface area (Å²) in [5.74, 6) is 0. The fraction of sp³-hybridized carbons (Fsp3) is 1.00. The van der Waals surface area contributed by atoms with Crippen molar-refractivity contribution in [1.29, 1.82) is 0 Å². The molecule has 3 nitrogen and oxygen atoms in total. The minimum atomic E-state index is -2.62. The average Bonchev–Trinajstić information content (AvgIpc) is 1.84. The van der Waals surface area contributed by atoms with Gasteiger partial charge in [0.15, 0.2) is 0 Å². The van der Waals surface area contributed by atoms with Crippen molar-refractivity contribution in [3.8, 4) is 0 Å². The van der Waals surface area contributed by atoms with Gasteiger partial charge >= 0.3 is 6.04 Å². The third-order valence-corrected chi connectivity index (χ3v) is 0.850. The maximum absolute atomic E-state index is 12.5. The summed E-state index contributed by atoms with van der Waals surface area (Å²) < 4.78 is 21.4. The normalized spacial score (nSPS) is 16.8. The molecule has 0 saturated carbocycles. The zero-order valence-electron chi connectivity index (χ0n) is 6.26. The van der Waals surface area contributed by atoms with Crippen molar-refractivity contribution >= 4 is 0 Å².